The maximum atomic E-state index is 13.1. The van der Waals surface area contributed by atoms with Gasteiger partial charge in [-0.3, -0.25) is 32.5 Å². The molecule has 0 amide bonds. The van der Waals surface area contributed by atoms with E-state index in [0.29, 0.717) is 19.3 Å². The van der Waals surface area contributed by atoms with Gasteiger partial charge >= 0.3 is 33.6 Å². The number of carbonyl (C=O) groups is 3. The highest BCUT2D eigenvalue weighted by molar-refractivity contribution is 7.47. The Hall–Kier alpha value is -5.61. The van der Waals surface area contributed by atoms with E-state index in [-0.39, 0.29) is 19.3 Å². The van der Waals surface area contributed by atoms with E-state index in [1.54, 1.807) is 0 Å². The van der Waals surface area contributed by atoms with Crippen molar-refractivity contribution in [1.29, 1.82) is 0 Å². The lowest BCUT2D eigenvalue weighted by atomic mass is 10.0. The summed E-state index contributed by atoms with van der Waals surface area (Å²) in [7, 11) is -9.83. The number of ether oxygens (including phenoxy) is 3. The first kappa shape index (κ1) is 115. The van der Waals surface area contributed by atoms with Crippen LogP contribution in [0.4, 0.5) is 0 Å². The van der Waals surface area contributed by atoms with E-state index in [4.69, 9.17) is 32.3 Å². The van der Waals surface area contributed by atoms with Gasteiger partial charge in [0.1, 0.15) is 25.4 Å². The highest BCUT2D eigenvalue weighted by Crippen LogP contribution is 2.45. The molecule has 0 aliphatic rings. The molecule has 690 valence electrons. The molecule has 0 saturated carbocycles. The van der Waals surface area contributed by atoms with E-state index < -0.39 is 91.5 Å². The molecule has 18 heteroatoms. The molecule has 0 bridgehead atoms. The van der Waals surface area contributed by atoms with Crippen molar-refractivity contribution >= 4 is 33.6 Å². The molecule has 0 aromatic carbocycles. The molecule has 121 heavy (non-hydrogen) atoms. The van der Waals surface area contributed by atoms with Gasteiger partial charge in [-0.1, -0.05) is 389 Å². The highest BCUT2D eigenvalue weighted by Gasteiger charge is 2.29. The standard InChI is InChI=1S/C103H172O16P2/c1-4-7-10-13-16-19-22-25-28-31-34-37-40-42-44-46-47-48-49-51-53-54-57-59-62-65-68-71-74-77-80-83-86-89-101(106)113-92-98(104)93-115-120(109,110)116-94-99(105)95-117-121(111,112)118-97-100(119-103(108)91-88-85-82-79-76-73-70-67-64-61-56-39-36-33-30-27-24-21-18-15-12-9-6-3)96-114-102(107)90-87-84-81-78-75-72-69-66-63-60-58-55-52-50-45-43-41-38-35-32-29-26-23-20-17-14-11-8-5-2/h8-9,11-12,16-21,25-30,34-39,42-45,52,55,61,64,70,73,98-100,104-105H,4-7,10,13-15,22-24,31-33,40-41,46-51,53-54,56-60,62-63,65-69,71-72,74-97H2,1-3H3,(H,109,110)(H,111,112)/b11-8-,12-9-,19-16-,20-17-,21-18-,28-25-,29-26-,30-27-,37-34-,38-35-,39-36-,44-42-,45-43-,55-52-,64-61-,73-70-. The van der Waals surface area contributed by atoms with Crippen molar-refractivity contribution in [1.82, 2.24) is 0 Å². The van der Waals surface area contributed by atoms with Crippen molar-refractivity contribution in [3.63, 3.8) is 0 Å². The lowest BCUT2D eigenvalue weighted by molar-refractivity contribution is -0.161. The van der Waals surface area contributed by atoms with E-state index in [1.807, 2.05) is 0 Å². The van der Waals surface area contributed by atoms with Crippen LogP contribution in [0.5, 0.6) is 0 Å². The predicted octanol–water partition coefficient (Wildman–Crippen LogP) is 29.8. The summed E-state index contributed by atoms with van der Waals surface area (Å²) in [6.07, 6.45) is 125. The lowest BCUT2D eigenvalue weighted by Gasteiger charge is -2.21. The molecule has 0 rings (SSSR count). The monoisotopic (exact) mass is 1730 g/mol. The Bertz CT molecular complexity index is 2980. The third-order valence-corrected chi connectivity index (χ3v) is 21.7. The Kier molecular flexibility index (Phi) is 89.2. The minimum Gasteiger partial charge on any atom is -0.463 e. The zero-order valence-corrected chi connectivity index (χ0v) is 77.9. The van der Waals surface area contributed by atoms with Crippen LogP contribution in [0.25, 0.3) is 0 Å². The number of hydrogen-bond donors (Lipinski definition) is 4. The Labute approximate surface area is 737 Å². The van der Waals surface area contributed by atoms with Gasteiger partial charge in [0.15, 0.2) is 6.10 Å². The summed E-state index contributed by atoms with van der Waals surface area (Å²) < 4.78 is 61.5. The van der Waals surface area contributed by atoms with Gasteiger partial charge in [-0.05, 0) is 167 Å². The zero-order valence-electron chi connectivity index (χ0n) is 76.1. The third kappa shape index (κ3) is 94.9. The summed E-state index contributed by atoms with van der Waals surface area (Å²) in [6, 6.07) is 0. The van der Waals surface area contributed by atoms with Gasteiger partial charge in [0.05, 0.1) is 26.4 Å². The lowest BCUT2D eigenvalue weighted by Crippen LogP contribution is -2.30. The molecule has 0 aliphatic heterocycles. The normalized spacial score (nSPS) is 14.6. The maximum Gasteiger partial charge on any atom is 0.472 e. The van der Waals surface area contributed by atoms with Gasteiger partial charge in [0.25, 0.3) is 0 Å². The van der Waals surface area contributed by atoms with Crippen LogP contribution in [0.1, 0.15) is 380 Å². The second kappa shape index (κ2) is 93.5. The number of aliphatic hydroxyl groups is 2. The van der Waals surface area contributed by atoms with E-state index in [2.05, 4.69) is 215 Å². The van der Waals surface area contributed by atoms with Crippen LogP contribution in [-0.4, -0.2) is 95.9 Å². The first-order chi connectivity index (χ1) is 59.2. The first-order valence-electron chi connectivity index (χ1n) is 47.7. The fourth-order valence-corrected chi connectivity index (χ4v) is 14.2. The Morgan fingerprint density at radius 2 is 0.438 bits per heavy atom. The summed E-state index contributed by atoms with van der Waals surface area (Å²) in [6.45, 7) is 2.42. The quantitative estimate of drug-likeness (QED) is 0.0146. The molecular formula is C103H172O16P2. The topological polar surface area (TPSA) is 231 Å². The second-order valence-corrected chi connectivity index (χ2v) is 34.3. The molecule has 16 nitrogen and oxygen atoms in total. The van der Waals surface area contributed by atoms with Crippen molar-refractivity contribution in [2.75, 3.05) is 39.6 Å². The first-order valence-corrected chi connectivity index (χ1v) is 50.7. The summed E-state index contributed by atoms with van der Waals surface area (Å²) >= 11 is 0. The number of rotatable bonds is 89. The molecule has 0 aliphatic carbocycles. The molecule has 0 radical (unpaired) electrons. The molecule has 0 fully saturated rings. The minimum atomic E-state index is -4.96. The number of allylic oxidation sites excluding steroid dienone is 32. The fraction of sp³-hybridized carbons (Fsp3) is 0.660. The predicted molar refractivity (Wildman–Crippen MR) is 509 cm³/mol. The van der Waals surface area contributed by atoms with E-state index in [0.717, 1.165) is 173 Å². The molecule has 0 aromatic rings. The number of esters is 3. The van der Waals surface area contributed by atoms with Crippen molar-refractivity contribution in [3.8, 4) is 0 Å². The Balaban J connectivity index is 4.62. The zero-order chi connectivity index (χ0) is 87.9. The number of phosphoric ester groups is 2. The molecule has 5 unspecified atom stereocenters. The van der Waals surface area contributed by atoms with Crippen molar-refractivity contribution in [3.05, 3.63) is 194 Å². The van der Waals surface area contributed by atoms with Crippen LogP contribution >= 0.6 is 15.6 Å². The third-order valence-electron chi connectivity index (χ3n) is 19.8. The molecule has 5 atom stereocenters. The maximum absolute atomic E-state index is 13.1. The largest absolute Gasteiger partial charge is 0.472 e. The van der Waals surface area contributed by atoms with E-state index >= 15 is 0 Å². The van der Waals surface area contributed by atoms with Gasteiger partial charge in [0, 0.05) is 19.3 Å². The molecule has 4 N–H and O–H groups in total. The van der Waals surface area contributed by atoms with Gasteiger partial charge in [-0.2, -0.15) is 0 Å². The van der Waals surface area contributed by atoms with Crippen LogP contribution in [-0.2, 0) is 55.8 Å². The number of phosphoric acid groups is 2. The van der Waals surface area contributed by atoms with E-state index in [9.17, 15) is 43.5 Å². The van der Waals surface area contributed by atoms with Crippen molar-refractivity contribution < 1.29 is 75.8 Å². The molecule has 0 saturated heterocycles. The van der Waals surface area contributed by atoms with Crippen molar-refractivity contribution in [2.45, 2.75) is 399 Å². The SMILES string of the molecule is CC/C=C\C/C=C\C/C=C\C/C=C\C/C=C\C/C=C\CCCCCCCCCCCCC(=O)OCC(COP(=O)(O)OCC(O)COP(=O)(O)OCC(O)COC(=O)CCCCCCCCCCCCCCCCCCC/C=C\C/C=C\C/C=C\C/C=C\CCCCC)OC(=O)CCCCCC/C=C\C/C=C\C/C=C\C/C=C\C/C=C\C/C=C\CC. The van der Waals surface area contributed by atoms with Crippen molar-refractivity contribution in [2.24, 2.45) is 0 Å². The average molecular weight is 1730 g/mol. The number of aliphatic hydroxyl groups excluding tert-OH is 2. The van der Waals surface area contributed by atoms with Gasteiger partial charge in [-0.15, -0.1) is 0 Å². The highest BCUT2D eigenvalue weighted by atomic mass is 31.2. The minimum absolute atomic E-state index is 0.0669. The summed E-state index contributed by atoms with van der Waals surface area (Å²) in [4.78, 5) is 59.1. The number of hydrogen-bond acceptors (Lipinski definition) is 14. The smallest absolute Gasteiger partial charge is 0.463 e. The Morgan fingerprint density at radius 3 is 0.694 bits per heavy atom. The Morgan fingerprint density at radius 1 is 0.240 bits per heavy atom. The second-order valence-electron chi connectivity index (χ2n) is 31.4. The summed E-state index contributed by atoms with van der Waals surface area (Å²) in [5, 5.41) is 20.8. The fourth-order valence-electron chi connectivity index (χ4n) is 12.6. The van der Waals surface area contributed by atoms with Crippen LogP contribution < -0.4 is 0 Å². The molecule has 0 spiro atoms. The van der Waals surface area contributed by atoms with Crippen LogP contribution in [0, 0.1) is 0 Å². The van der Waals surface area contributed by atoms with Gasteiger partial charge in [0.2, 0.25) is 0 Å². The van der Waals surface area contributed by atoms with E-state index in [1.165, 1.54) is 148 Å². The molecule has 0 heterocycles. The molecular weight excluding hydrogens is 1560 g/mol. The van der Waals surface area contributed by atoms with Crippen LogP contribution in [0.2, 0.25) is 0 Å². The van der Waals surface area contributed by atoms with Crippen LogP contribution in [0.3, 0.4) is 0 Å². The molecule has 0 aromatic heterocycles. The summed E-state index contributed by atoms with van der Waals surface area (Å²) in [5.74, 6) is -1.61. The van der Waals surface area contributed by atoms with Crippen LogP contribution in [0.15, 0.2) is 194 Å². The van der Waals surface area contributed by atoms with Gasteiger partial charge in [-0.25, -0.2) is 9.13 Å². The number of unbranched alkanes of at least 4 members (excludes halogenated alkanes) is 34. The number of carbonyl (C=O) groups excluding carboxylic acids is 3. The summed E-state index contributed by atoms with van der Waals surface area (Å²) in [5.41, 5.74) is 0. The van der Waals surface area contributed by atoms with Gasteiger partial charge < -0.3 is 34.2 Å². The average Bonchev–Trinajstić information content (AvgIpc) is 0.899.